The molecule has 152 valence electrons. The molecule has 2 rings (SSSR count). The Kier molecular flexibility index (Phi) is 11.3. The lowest BCUT2D eigenvalue weighted by molar-refractivity contribution is -0.123. The molecule has 0 radical (unpaired) electrons. The number of halogens is 2. The number of rotatable bonds is 8. The maximum absolute atomic E-state index is 12.9. The second-order valence-electron chi connectivity index (χ2n) is 6.70. The van der Waals surface area contributed by atoms with Gasteiger partial charge in [-0.2, -0.15) is 0 Å². The Morgan fingerprint density at radius 3 is 2.48 bits per heavy atom. The number of aliphatic imine (C=N–C) groups is 1. The van der Waals surface area contributed by atoms with E-state index in [2.05, 4.69) is 20.5 Å². The van der Waals surface area contributed by atoms with Crippen LogP contribution in [0, 0.1) is 11.7 Å². The summed E-state index contributed by atoms with van der Waals surface area (Å²) in [6.07, 6.45) is 3.91. The smallest absolute Gasteiger partial charge is 0.220 e. The molecule has 27 heavy (non-hydrogen) atoms. The summed E-state index contributed by atoms with van der Waals surface area (Å²) in [6.45, 7) is 4.42. The average molecular weight is 491 g/mol. The lowest BCUT2D eigenvalue weighted by Gasteiger charge is -2.30. The van der Waals surface area contributed by atoms with Crippen LogP contribution in [-0.4, -0.2) is 50.0 Å². The molecular weight excluding hydrogens is 460 g/mol. The normalized spacial score (nSPS) is 15.9. The van der Waals surface area contributed by atoms with Gasteiger partial charge in [-0.3, -0.25) is 9.79 Å². The number of carbonyl (C=O) groups is 1. The van der Waals surface area contributed by atoms with Crippen LogP contribution in [0.4, 0.5) is 4.39 Å². The fourth-order valence-corrected chi connectivity index (χ4v) is 3.12. The summed E-state index contributed by atoms with van der Waals surface area (Å²) >= 11 is 0. The van der Waals surface area contributed by atoms with Crippen molar-refractivity contribution in [2.45, 2.75) is 32.2 Å². The molecule has 1 fully saturated rings. The highest BCUT2D eigenvalue weighted by Gasteiger charge is 2.22. The predicted molar refractivity (Wildman–Crippen MR) is 118 cm³/mol. The topological polar surface area (TPSA) is 82.8 Å². The monoisotopic (exact) mass is 491 g/mol. The van der Waals surface area contributed by atoms with Crippen LogP contribution < -0.4 is 16.4 Å². The van der Waals surface area contributed by atoms with E-state index in [1.54, 1.807) is 19.2 Å². The first-order chi connectivity index (χ1) is 12.6. The molecule has 0 spiro atoms. The quantitative estimate of drug-likeness (QED) is 0.225. The van der Waals surface area contributed by atoms with Crippen LogP contribution in [0.15, 0.2) is 29.3 Å². The van der Waals surface area contributed by atoms with Crippen LogP contribution in [-0.2, 0) is 11.3 Å². The van der Waals surface area contributed by atoms with Crippen LogP contribution in [0.5, 0.6) is 0 Å². The second kappa shape index (κ2) is 12.9. The van der Waals surface area contributed by atoms with Crippen molar-refractivity contribution in [2.75, 3.05) is 33.2 Å². The number of benzene rings is 1. The van der Waals surface area contributed by atoms with Gasteiger partial charge in [0.2, 0.25) is 5.91 Å². The minimum Gasteiger partial charge on any atom is -0.369 e. The van der Waals surface area contributed by atoms with Crippen molar-refractivity contribution in [1.29, 1.82) is 0 Å². The van der Waals surface area contributed by atoms with Crippen LogP contribution in [0.25, 0.3) is 0 Å². The minimum atomic E-state index is -0.227. The van der Waals surface area contributed by atoms with Gasteiger partial charge in [0, 0.05) is 26.1 Å². The van der Waals surface area contributed by atoms with Gasteiger partial charge in [-0.05, 0) is 63.0 Å². The molecule has 1 aliphatic heterocycles. The lowest BCUT2D eigenvalue weighted by Crippen LogP contribution is -2.39. The van der Waals surface area contributed by atoms with Gasteiger partial charge in [0.1, 0.15) is 5.82 Å². The molecule has 0 aromatic heterocycles. The van der Waals surface area contributed by atoms with Gasteiger partial charge in [-0.25, -0.2) is 4.39 Å². The van der Waals surface area contributed by atoms with Crippen molar-refractivity contribution < 1.29 is 9.18 Å². The summed E-state index contributed by atoms with van der Waals surface area (Å²) in [5, 5.41) is 6.52. The largest absolute Gasteiger partial charge is 0.369 e. The van der Waals surface area contributed by atoms with Crippen molar-refractivity contribution in [3.8, 4) is 0 Å². The number of nitrogens with two attached hydrogens (primary N) is 1. The average Bonchev–Trinajstić information content (AvgIpc) is 2.65. The number of likely N-dealkylation sites (tertiary alicyclic amines) is 1. The summed E-state index contributed by atoms with van der Waals surface area (Å²) in [4.78, 5) is 17.8. The highest BCUT2D eigenvalue weighted by Crippen LogP contribution is 2.16. The third kappa shape index (κ3) is 8.87. The van der Waals surface area contributed by atoms with E-state index in [9.17, 15) is 9.18 Å². The standard InChI is InChI=1S/C19H30FN5O.HI/c1-22-19(24-14-15-4-6-17(20)7-5-15)23-10-2-3-11-25-12-8-16(9-13-25)18(21)26;/h4-7,16H,2-3,8-14H2,1H3,(H2,21,26)(H2,22,23,24);1H. The number of unbranched alkanes of at least 4 members (excludes halogenated alkanes) is 1. The van der Waals surface area contributed by atoms with Crippen LogP contribution in [0.3, 0.4) is 0 Å². The number of nitrogens with zero attached hydrogens (tertiary/aromatic N) is 2. The molecule has 1 aromatic rings. The van der Waals surface area contributed by atoms with E-state index in [-0.39, 0.29) is 41.6 Å². The first kappa shape index (κ1) is 23.6. The Hall–Kier alpha value is -1.42. The number of hydrogen-bond donors (Lipinski definition) is 3. The van der Waals surface area contributed by atoms with E-state index in [1.165, 1.54) is 12.1 Å². The van der Waals surface area contributed by atoms with Crippen LogP contribution in [0.2, 0.25) is 0 Å². The number of guanidine groups is 1. The van der Waals surface area contributed by atoms with E-state index in [0.29, 0.717) is 6.54 Å². The molecule has 0 atom stereocenters. The SMILES string of the molecule is CN=C(NCCCCN1CCC(C(N)=O)CC1)NCc1ccc(F)cc1.I. The van der Waals surface area contributed by atoms with E-state index in [0.717, 1.165) is 63.4 Å². The van der Waals surface area contributed by atoms with Crippen molar-refractivity contribution in [3.63, 3.8) is 0 Å². The highest BCUT2D eigenvalue weighted by molar-refractivity contribution is 14.0. The molecule has 8 heteroatoms. The Morgan fingerprint density at radius 1 is 1.22 bits per heavy atom. The second-order valence-corrected chi connectivity index (χ2v) is 6.70. The van der Waals surface area contributed by atoms with E-state index < -0.39 is 0 Å². The third-order valence-electron chi connectivity index (χ3n) is 4.78. The summed E-state index contributed by atoms with van der Waals surface area (Å²) in [5.74, 6) is 0.420. The summed E-state index contributed by atoms with van der Waals surface area (Å²) in [7, 11) is 1.74. The van der Waals surface area contributed by atoms with Crippen molar-refractivity contribution >= 4 is 35.8 Å². The van der Waals surface area contributed by atoms with Gasteiger partial charge in [0.25, 0.3) is 0 Å². The number of primary amides is 1. The lowest BCUT2D eigenvalue weighted by atomic mass is 9.96. The minimum absolute atomic E-state index is 0. The van der Waals surface area contributed by atoms with Gasteiger partial charge in [0.05, 0.1) is 0 Å². The maximum Gasteiger partial charge on any atom is 0.220 e. The van der Waals surface area contributed by atoms with Gasteiger partial charge >= 0.3 is 0 Å². The molecule has 1 heterocycles. The zero-order valence-electron chi connectivity index (χ0n) is 15.9. The van der Waals surface area contributed by atoms with E-state index >= 15 is 0 Å². The number of hydrogen-bond acceptors (Lipinski definition) is 3. The maximum atomic E-state index is 12.9. The summed E-state index contributed by atoms with van der Waals surface area (Å²) in [6, 6.07) is 6.44. The Morgan fingerprint density at radius 2 is 1.89 bits per heavy atom. The van der Waals surface area contributed by atoms with Crippen molar-refractivity contribution in [3.05, 3.63) is 35.6 Å². The highest BCUT2D eigenvalue weighted by atomic mass is 127. The van der Waals surface area contributed by atoms with Crippen molar-refractivity contribution in [2.24, 2.45) is 16.6 Å². The molecule has 4 N–H and O–H groups in total. The number of nitrogens with one attached hydrogen (secondary N) is 2. The van der Waals surface area contributed by atoms with Gasteiger partial charge in [0.15, 0.2) is 5.96 Å². The Labute approximate surface area is 178 Å². The molecular formula is C19H31FIN5O. The Balaban J connectivity index is 0.00000364. The molecule has 1 aromatic carbocycles. The van der Waals surface area contributed by atoms with Crippen LogP contribution >= 0.6 is 24.0 Å². The number of carbonyl (C=O) groups excluding carboxylic acids is 1. The van der Waals surface area contributed by atoms with Gasteiger partial charge < -0.3 is 21.3 Å². The summed E-state index contributed by atoms with van der Waals surface area (Å²) in [5.41, 5.74) is 6.37. The number of amides is 1. The fraction of sp³-hybridized carbons (Fsp3) is 0.579. The molecule has 0 unspecified atom stereocenters. The van der Waals surface area contributed by atoms with Gasteiger partial charge in [-0.15, -0.1) is 24.0 Å². The first-order valence-electron chi connectivity index (χ1n) is 9.29. The molecule has 6 nitrogen and oxygen atoms in total. The van der Waals surface area contributed by atoms with E-state index in [1.807, 2.05) is 0 Å². The molecule has 1 amide bonds. The fourth-order valence-electron chi connectivity index (χ4n) is 3.12. The van der Waals surface area contributed by atoms with Crippen LogP contribution in [0.1, 0.15) is 31.2 Å². The molecule has 0 bridgehead atoms. The summed E-state index contributed by atoms with van der Waals surface area (Å²) < 4.78 is 12.9. The third-order valence-corrected chi connectivity index (χ3v) is 4.78. The molecule has 1 saturated heterocycles. The molecule has 1 aliphatic rings. The Bertz CT molecular complexity index is 588. The van der Waals surface area contributed by atoms with Gasteiger partial charge in [-0.1, -0.05) is 12.1 Å². The molecule has 0 aliphatic carbocycles. The number of piperidine rings is 1. The zero-order chi connectivity index (χ0) is 18.8. The predicted octanol–water partition coefficient (Wildman–Crippen LogP) is 2.09. The zero-order valence-corrected chi connectivity index (χ0v) is 18.2. The van der Waals surface area contributed by atoms with E-state index in [4.69, 9.17) is 5.73 Å². The first-order valence-corrected chi connectivity index (χ1v) is 9.29. The molecule has 0 saturated carbocycles. The van der Waals surface area contributed by atoms with Crippen molar-refractivity contribution in [1.82, 2.24) is 15.5 Å².